The summed E-state index contributed by atoms with van der Waals surface area (Å²) in [6, 6.07) is 0.0391. The average molecular weight is 396 g/mol. The molecule has 0 aromatic heterocycles. The Kier molecular flexibility index (Phi) is 13.3. The highest BCUT2D eigenvalue weighted by atomic mass is 16.5. The van der Waals surface area contributed by atoms with Crippen molar-refractivity contribution < 1.29 is 14.3 Å². The maximum absolute atomic E-state index is 12.6. The van der Waals surface area contributed by atoms with E-state index in [1.165, 1.54) is 57.8 Å². The van der Waals surface area contributed by atoms with E-state index in [-0.39, 0.29) is 29.9 Å². The Morgan fingerprint density at radius 3 is 2.00 bits per heavy atom. The van der Waals surface area contributed by atoms with Gasteiger partial charge >= 0.3 is 5.97 Å². The molecule has 0 aromatic carbocycles. The second kappa shape index (κ2) is 14.9. The summed E-state index contributed by atoms with van der Waals surface area (Å²) in [5.41, 5.74) is 0. The molecule has 1 amide bonds. The minimum atomic E-state index is -0.274. The summed E-state index contributed by atoms with van der Waals surface area (Å²) in [6.45, 7) is 8.96. The predicted molar refractivity (Wildman–Crippen MR) is 116 cm³/mol. The highest BCUT2D eigenvalue weighted by Gasteiger charge is 2.43. The first kappa shape index (κ1) is 25.0. The third kappa shape index (κ3) is 9.43. The molecule has 0 aliphatic carbocycles. The van der Waals surface area contributed by atoms with Crippen LogP contribution >= 0.6 is 0 Å². The molecule has 0 spiro atoms. The van der Waals surface area contributed by atoms with Crippen molar-refractivity contribution in [3.8, 4) is 0 Å². The van der Waals surface area contributed by atoms with Crippen LogP contribution in [0.25, 0.3) is 0 Å². The van der Waals surface area contributed by atoms with Crippen LogP contribution in [0.4, 0.5) is 0 Å². The van der Waals surface area contributed by atoms with Gasteiger partial charge in [-0.25, -0.2) is 0 Å². The Morgan fingerprint density at radius 1 is 0.929 bits per heavy atom. The molecule has 1 heterocycles. The van der Waals surface area contributed by atoms with Crippen molar-refractivity contribution >= 4 is 11.9 Å². The van der Waals surface area contributed by atoms with Gasteiger partial charge in [-0.1, -0.05) is 84.5 Å². The molecule has 1 rings (SSSR count). The standard InChI is InChI=1S/C24H45NO3/c1-5-7-9-10-11-12-13-14-15-16-18-25-22(17-8-6-2)21(19-23(25)26)24(27)28-20(3)4/h20-22H,5-19H2,1-4H3. The van der Waals surface area contributed by atoms with E-state index in [1.807, 2.05) is 18.7 Å². The quantitative estimate of drug-likeness (QED) is 0.229. The lowest BCUT2D eigenvalue weighted by Crippen LogP contribution is -2.38. The second-order valence-corrected chi connectivity index (χ2v) is 8.77. The van der Waals surface area contributed by atoms with Gasteiger partial charge in [0.1, 0.15) is 0 Å². The van der Waals surface area contributed by atoms with Gasteiger partial charge in [0.15, 0.2) is 0 Å². The number of ether oxygens (including phenoxy) is 1. The molecular weight excluding hydrogens is 350 g/mol. The first-order chi connectivity index (χ1) is 13.5. The van der Waals surface area contributed by atoms with Gasteiger partial charge in [-0.2, -0.15) is 0 Å². The molecule has 4 nitrogen and oxygen atoms in total. The van der Waals surface area contributed by atoms with Crippen molar-refractivity contribution in [3.05, 3.63) is 0 Å². The van der Waals surface area contributed by atoms with Gasteiger partial charge in [-0.15, -0.1) is 0 Å². The fourth-order valence-corrected chi connectivity index (χ4v) is 4.23. The van der Waals surface area contributed by atoms with Gasteiger partial charge in [0.25, 0.3) is 0 Å². The van der Waals surface area contributed by atoms with Crippen LogP contribution in [0.2, 0.25) is 0 Å². The highest BCUT2D eigenvalue weighted by Crippen LogP contribution is 2.31. The normalized spacial score (nSPS) is 19.6. The molecule has 2 atom stereocenters. The molecule has 28 heavy (non-hydrogen) atoms. The summed E-state index contributed by atoms with van der Waals surface area (Å²) in [4.78, 5) is 27.0. The molecule has 0 N–H and O–H groups in total. The third-order valence-corrected chi connectivity index (χ3v) is 5.84. The number of carbonyl (C=O) groups is 2. The molecule has 1 saturated heterocycles. The number of nitrogens with zero attached hydrogens (tertiary/aromatic N) is 1. The van der Waals surface area contributed by atoms with Gasteiger partial charge in [0, 0.05) is 19.0 Å². The summed E-state index contributed by atoms with van der Waals surface area (Å²) >= 11 is 0. The number of amides is 1. The maximum Gasteiger partial charge on any atom is 0.311 e. The van der Waals surface area contributed by atoms with Crippen molar-refractivity contribution in [2.75, 3.05) is 6.54 Å². The van der Waals surface area contributed by atoms with Crippen LogP contribution in [0.5, 0.6) is 0 Å². The fraction of sp³-hybridized carbons (Fsp3) is 0.917. The minimum Gasteiger partial charge on any atom is -0.463 e. The summed E-state index contributed by atoms with van der Waals surface area (Å²) in [7, 11) is 0. The summed E-state index contributed by atoms with van der Waals surface area (Å²) in [6.07, 6.45) is 16.2. The van der Waals surface area contributed by atoms with E-state index in [0.29, 0.717) is 6.42 Å². The predicted octanol–water partition coefficient (Wildman–Crippen LogP) is 6.27. The van der Waals surface area contributed by atoms with E-state index in [1.54, 1.807) is 0 Å². The van der Waals surface area contributed by atoms with Gasteiger partial charge in [0.05, 0.1) is 12.0 Å². The fourth-order valence-electron chi connectivity index (χ4n) is 4.23. The first-order valence-corrected chi connectivity index (χ1v) is 12.0. The number of unbranched alkanes of at least 4 members (excludes halogenated alkanes) is 10. The van der Waals surface area contributed by atoms with E-state index in [9.17, 15) is 9.59 Å². The molecule has 0 saturated carbocycles. The van der Waals surface area contributed by atoms with Crippen LogP contribution in [0.1, 0.15) is 118 Å². The summed E-state index contributed by atoms with van der Waals surface area (Å²) < 4.78 is 5.43. The van der Waals surface area contributed by atoms with E-state index in [0.717, 1.165) is 32.2 Å². The summed E-state index contributed by atoms with van der Waals surface area (Å²) in [5.74, 6) is -0.317. The zero-order valence-electron chi connectivity index (χ0n) is 19.0. The van der Waals surface area contributed by atoms with Gasteiger partial charge < -0.3 is 9.64 Å². The number of hydrogen-bond donors (Lipinski definition) is 0. The number of hydrogen-bond acceptors (Lipinski definition) is 3. The van der Waals surface area contributed by atoms with Crippen molar-refractivity contribution in [2.24, 2.45) is 5.92 Å². The minimum absolute atomic E-state index is 0.0391. The Balaban J connectivity index is 2.34. The Morgan fingerprint density at radius 2 is 1.46 bits per heavy atom. The third-order valence-electron chi connectivity index (χ3n) is 5.84. The zero-order chi connectivity index (χ0) is 20.8. The molecule has 1 aliphatic heterocycles. The maximum atomic E-state index is 12.6. The van der Waals surface area contributed by atoms with Crippen LogP contribution in [0, 0.1) is 5.92 Å². The molecule has 2 unspecified atom stereocenters. The van der Waals surface area contributed by atoms with E-state index < -0.39 is 0 Å². The average Bonchev–Trinajstić information content (AvgIpc) is 2.96. The lowest BCUT2D eigenvalue weighted by molar-refractivity contribution is -0.153. The van der Waals surface area contributed by atoms with Gasteiger partial charge in [0.2, 0.25) is 5.91 Å². The van der Waals surface area contributed by atoms with E-state index >= 15 is 0 Å². The number of likely N-dealkylation sites (tertiary alicyclic amines) is 1. The number of esters is 1. The van der Waals surface area contributed by atoms with Crippen molar-refractivity contribution in [1.29, 1.82) is 0 Å². The molecule has 1 fully saturated rings. The van der Waals surface area contributed by atoms with E-state index in [2.05, 4.69) is 13.8 Å². The molecule has 0 aromatic rings. The van der Waals surface area contributed by atoms with Crippen molar-refractivity contribution in [1.82, 2.24) is 4.90 Å². The number of carbonyl (C=O) groups excluding carboxylic acids is 2. The van der Waals surface area contributed by atoms with Crippen molar-refractivity contribution in [3.63, 3.8) is 0 Å². The molecule has 4 heteroatoms. The Labute approximate surface area is 173 Å². The SMILES string of the molecule is CCCCCCCCCCCCN1C(=O)CC(C(=O)OC(C)C)C1CCCC. The summed E-state index contributed by atoms with van der Waals surface area (Å²) in [5, 5.41) is 0. The zero-order valence-corrected chi connectivity index (χ0v) is 19.0. The van der Waals surface area contributed by atoms with Crippen LogP contribution in [-0.4, -0.2) is 35.5 Å². The monoisotopic (exact) mass is 395 g/mol. The van der Waals surface area contributed by atoms with Crippen LogP contribution in [-0.2, 0) is 14.3 Å². The van der Waals surface area contributed by atoms with E-state index in [4.69, 9.17) is 4.74 Å². The lowest BCUT2D eigenvalue weighted by atomic mass is 9.95. The first-order valence-electron chi connectivity index (χ1n) is 12.0. The highest BCUT2D eigenvalue weighted by molar-refractivity contribution is 5.87. The van der Waals surface area contributed by atoms with Gasteiger partial charge in [-0.05, 0) is 26.7 Å². The smallest absolute Gasteiger partial charge is 0.311 e. The Bertz CT molecular complexity index is 436. The van der Waals surface area contributed by atoms with Gasteiger partial charge in [-0.3, -0.25) is 9.59 Å². The largest absolute Gasteiger partial charge is 0.463 e. The molecule has 0 radical (unpaired) electrons. The van der Waals surface area contributed by atoms with Crippen LogP contribution in [0.3, 0.4) is 0 Å². The second-order valence-electron chi connectivity index (χ2n) is 8.77. The Hall–Kier alpha value is -1.06. The number of rotatable bonds is 16. The van der Waals surface area contributed by atoms with Crippen LogP contribution < -0.4 is 0 Å². The lowest BCUT2D eigenvalue weighted by Gasteiger charge is -2.28. The molecular formula is C24H45NO3. The molecule has 1 aliphatic rings. The van der Waals surface area contributed by atoms with Crippen molar-refractivity contribution in [2.45, 2.75) is 130 Å². The topological polar surface area (TPSA) is 46.6 Å². The molecule has 0 bridgehead atoms. The molecule has 164 valence electrons. The van der Waals surface area contributed by atoms with Crippen LogP contribution in [0.15, 0.2) is 0 Å².